The highest BCUT2D eigenvalue weighted by atomic mass is 35.5. The van der Waals surface area contributed by atoms with Crippen molar-refractivity contribution < 1.29 is 9.53 Å². The summed E-state index contributed by atoms with van der Waals surface area (Å²) in [6.45, 7) is 1.71. The zero-order valence-electron chi connectivity index (χ0n) is 15.9. The second kappa shape index (κ2) is 8.31. The number of hydrogen-bond donors (Lipinski definition) is 0. The van der Waals surface area contributed by atoms with Gasteiger partial charge in [0.15, 0.2) is 0 Å². The van der Waals surface area contributed by atoms with Crippen LogP contribution < -0.4 is 10.3 Å². The van der Waals surface area contributed by atoms with Crippen LogP contribution in [0.2, 0.25) is 5.02 Å². The molecule has 0 unspecified atom stereocenters. The van der Waals surface area contributed by atoms with Gasteiger partial charge in [0.25, 0.3) is 5.56 Å². The van der Waals surface area contributed by atoms with Gasteiger partial charge < -0.3 is 4.74 Å². The molecule has 30 heavy (non-hydrogen) atoms. The molecule has 0 N–H and O–H groups in total. The van der Waals surface area contributed by atoms with Crippen LogP contribution in [0.5, 0.6) is 5.75 Å². The molecule has 4 rings (SSSR count). The fourth-order valence-electron chi connectivity index (χ4n) is 2.92. The number of carbonyl (C=O) groups excluding carboxylic acids is 1. The number of aromatic nitrogens is 2. The van der Waals surface area contributed by atoms with E-state index in [4.69, 9.17) is 16.3 Å². The van der Waals surface area contributed by atoms with E-state index in [0.29, 0.717) is 38.6 Å². The molecule has 7 heteroatoms. The van der Waals surface area contributed by atoms with Crippen molar-refractivity contribution in [3.63, 3.8) is 0 Å². The Labute approximate surface area is 177 Å². The molecule has 0 bridgehead atoms. The van der Waals surface area contributed by atoms with E-state index in [1.165, 1.54) is 10.9 Å². The van der Waals surface area contributed by atoms with E-state index in [9.17, 15) is 9.59 Å². The molecule has 0 spiro atoms. The van der Waals surface area contributed by atoms with Crippen LogP contribution in [0.25, 0.3) is 10.9 Å². The molecule has 4 aromatic rings. The lowest BCUT2D eigenvalue weighted by molar-refractivity contribution is 0.0734. The van der Waals surface area contributed by atoms with Crippen molar-refractivity contribution in [1.82, 2.24) is 9.66 Å². The van der Waals surface area contributed by atoms with Crippen LogP contribution in [0.15, 0.2) is 82.7 Å². The summed E-state index contributed by atoms with van der Waals surface area (Å²) in [5, 5.41) is 5.29. The SMILES string of the molecule is Cc1nc2ccccc2c(=O)n1N=Cc1ccccc1OC(=O)c1ccc(Cl)cc1. The molecule has 0 aliphatic heterocycles. The zero-order valence-corrected chi connectivity index (χ0v) is 16.7. The number of benzene rings is 3. The van der Waals surface area contributed by atoms with Gasteiger partial charge in [0.05, 0.1) is 22.7 Å². The quantitative estimate of drug-likeness (QED) is 0.279. The molecule has 3 aromatic carbocycles. The summed E-state index contributed by atoms with van der Waals surface area (Å²) in [6.07, 6.45) is 1.47. The lowest BCUT2D eigenvalue weighted by Gasteiger charge is -2.08. The molecule has 0 radical (unpaired) electrons. The monoisotopic (exact) mass is 417 g/mol. The number of esters is 1. The Hall–Kier alpha value is -3.77. The normalized spacial score (nSPS) is 11.1. The Morgan fingerprint density at radius 2 is 1.73 bits per heavy atom. The van der Waals surface area contributed by atoms with Gasteiger partial charge in [0.2, 0.25) is 0 Å². The van der Waals surface area contributed by atoms with Gasteiger partial charge in [-0.1, -0.05) is 35.9 Å². The number of carbonyl (C=O) groups is 1. The number of ether oxygens (including phenoxy) is 1. The summed E-state index contributed by atoms with van der Waals surface area (Å²) in [7, 11) is 0. The minimum absolute atomic E-state index is 0.273. The molecule has 0 atom stereocenters. The number of fused-ring (bicyclic) bond motifs is 1. The summed E-state index contributed by atoms with van der Waals surface area (Å²) in [4.78, 5) is 29.6. The van der Waals surface area contributed by atoms with E-state index in [-0.39, 0.29) is 5.56 Å². The Kier molecular flexibility index (Phi) is 5.41. The van der Waals surface area contributed by atoms with Crippen LogP contribution in [0.3, 0.4) is 0 Å². The Morgan fingerprint density at radius 3 is 2.53 bits per heavy atom. The van der Waals surface area contributed by atoms with Crippen LogP contribution in [-0.4, -0.2) is 21.8 Å². The third-order valence-electron chi connectivity index (χ3n) is 4.43. The van der Waals surface area contributed by atoms with Crippen molar-refractivity contribution in [1.29, 1.82) is 0 Å². The van der Waals surface area contributed by atoms with Crippen LogP contribution in [0, 0.1) is 6.92 Å². The molecule has 0 saturated carbocycles. The molecular weight excluding hydrogens is 402 g/mol. The maximum atomic E-state index is 12.8. The van der Waals surface area contributed by atoms with Crippen LogP contribution in [-0.2, 0) is 0 Å². The number of halogens is 1. The molecule has 0 aliphatic carbocycles. The second-order valence-electron chi connectivity index (χ2n) is 6.47. The van der Waals surface area contributed by atoms with Gasteiger partial charge in [-0.05, 0) is 55.5 Å². The number of rotatable bonds is 4. The lowest BCUT2D eigenvalue weighted by atomic mass is 10.2. The molecule has 1 heterocycles. The van der Waals surface area contributed by atoms with Crippen molar-refractivity contribution in [2.45, 2.75) is 6.92 Å². The molecule has 6 nitrogen and oxygen atoms in total. The highest BCUT2D eigenvalue weighted by Crippen LogP contribution is 2.19. The van der Waals surface area contributed by atoms with Gasteiger partial charge in [0, 0.05) is 10.6 Å². The summed E-state index contributed by atoms with van der Waals surface area (Å²) in [5.74, 6) is 0.250. The van der Waals surface area contributed by atoms with Crippen LogP contribution in [0.4, 0.5) is 0 Å². The van der Waals surface area contributed by atoms with Crippen molar-refractivity contribution >= 4 is 34.7 Å². The Bertz CT molecular complexity index is 1330. The van der Waals surface area contributed by atoms with Crippen molar-refractivity contribution in [3.8, 4) is 5.75 Å². The Balaban J connectivity index is 1.66. The summed E-state index contributed by atoms with van der Waals surface area (Å²) >= 11 is 5.86. The number of hydrogen-bond acceptors (Lipinski definition) is 5. The first-order valence-corrected chi connectivity index (χ1v) is 9.50. The number of nitrogens with zero attached hydrogens (tertiary/aromatic N) is 3. The fourth-order valence-corrected chi connectivity index (χ4v) is 3.04. The summed E-state index contributed by atoms with van der Waals surface area (Å²) in [5.41, 5.74) is 1.25. The summed E-state index contributed by atoms with van der Waals surface area (Å²) in [6, 6.07) is 20.4. The maximum absolute atomic E-state index is 12.8. The molecule has 1 aromatic heterocycles. The standard InChI is InChI=1S/C23H16ClN3O3/c1-15-26-20-8-4-3-7-19(20)22(28)27(15)25-14-17-6-2-5-9-21(17)30-23(29)16-10-12-18(24)13-11-16/h2-14H,1H3. The number of para-hydroxylation sites is 2. The smallest absolute Gasteiger partial charge is 0.343 e. The summed E-state index contributed by atoms with van der Waals surface area (Å²) < 4.78 is 6.74. The van der Waals surface area contributed by atoms with E-state index in [2.05, 4.69) is 10.1 Å². The molecule has 0 aliphatic rings. The van der Waals surface area contributed by atoms with Gasteiger partial charge in [-0.3, -0.25) is 4.79 Å². The highest BCUT2D eigenvalue weighted by molar-refractivity contribution is 6.30. The van der Waals surface area contributed by atoms with Crippen LogP contribution in [0.1, 0.15) is 21.7 Å². The predicted molar refractivity (Wildman–Crippen MR) is 117 cm³/mol. The average Bonchev–Trinajstić information content (AvgIpc) is 2.75. The lowest BCUT2D eigenvalue weighted by Crippen LogP contribution is -2.20. The average molecular weight is 418 g/mol. The first-order chi connectivity index (χ1) is 14.5. The van der Waals surface area contributed by atoms with E-state index < -0.39 is 5.97 Å². The number of aryl methyl sites for hydroxylation is 1. The van der Waals surface area contributed by atoms with Crippen molar-refractivity contribution in [2.24, 2.45) is 5.10 Å². The predicted octanol–water partition coefficient (Wildman–Crippen LogP) is 4.46. The Morgan fingerprint density at radius 1 is 1.03 bits per heavy atom. The third-order valence-corrected chi connectivity index (χ3v) is 4.68. The van der Waals surface area contributed by atoms with Crippen molar-refractivity contribution in [3.05, 3.63) is 105 Å². The van der Waals surface area contributed by atoms with Crippen molar-refractivity contribution in [2.75, 3.05) is 0 Å². The first-order valence-electron chi connectivity index (χ1n) is 9.12. The zero-order chi connectivity index (χ0) is 21.1. The third kappa shape index (κ3) is 3.99. The van der Waals surface area contributed by atoms with Gasteiger partial charge in [-0.25, -0.2) is 9.78 Å². The second-order valence-corrected chi connectivity index (χ2v) is 6.91. The van der Waals surface area contributed by atoms with E-state index >= 15 is 0 Å². The van der Waals surface area contributed by atoms with Gasteiger partial charge in [-0.15, -0.1) is 0 Å². The van der Waals surface area contributed by atoms with E-state index in [0.717, 1.165) is 0 Å². The molecule has 148 valence electrons. The van der Waals surface area contributed by atoms with Gasteiger partial charge in [-0.2, -0.15) is 9.78 Å². The molecule has 0 amide bonds. The van der Waals surface area contributed by atoms with E-state index in [1.54, 1.807) is 73.7 Å². The largest absolute Gasteiger partial charge is 0.422 e. The highest BCUT2D eigenvalue weighted by Gasteiger charge is 2.11. The molecule has 0 saturated heterocycles. The minimum atomic E-state index is -0.520. The first kappa shape index (κ1) is 19.5. The van der Waals surface area contributed by atoms with Crippen LogP contribution >= 0.6 is 11.6 Å². The molecule has 0 fully saturated rings. The topological polar surface area (TPSA) is 73.6 Å². The minimum Gasteiger partial charge on any atom is -0.422 e. The van der Waals surface area contributed by atoms with Gasteiger partial charge >= 0.3 is 5.97 Å². The fraction of sp³-hybridized carbons (Fsp3) is 0.0435. The van der Waals surface area contributed by atoms with E-state index in [1.807, 2.05) is 6.07 Å². The van der Waals surface area contributed by atoms with Gasteiger partial charge in [0.1, 0.15) is 11.6 Å². The maximum Gasteiger partial charge on any atom is 0.343 e. The molecular formula is C23H16ClN3O3.